The van der Waals surface area contributed by atoms with Gasteiger partial charge in [-0.25, -0.2) is 9.55 Å². The van der Waals surface area contributed by atoms with Crippen LogP contribution >= 0.6 is 0 Å². The van der Waals surface area contributed by atoms with Gasteiger partial charge in [-0.3, -0.25) is 0 Å². The number of alkyl halides is 3. The van der Waals surface area contributed by atoms with Crippen LogP contribution in [0, 0.1) is 11.0 Å². The fraction of sp³-hybridized carbons (Fsp3) is 0.0833. The standard InChI is InChI=1S/C12H9F4NO/c1-2-8(6-7-17-18)9-4-3-5-10(13)11(9)12(14,15)16/h2-7,17H,1H2/b8-6+,17-7+. The topological polar surface area (TPSA) is 37.0 Å². The Balaban J connectivity index is 3.49. The Bertz CT molecular complexity index is 503. The molecule has 0 radical (unpaired) electrons. The van der Waals surface area contributed by atoms with Crippen molar-refractivity contribution >= 4 is 11.8 Å². The number of halogens is 4. The molecule has 0 aliphatic rings. The van der Waals surface area contributed by atoms with Crippen LogP contribution in [0.5, 0.6) is 0 Å². The minimum atomic E-state index is -4.83. The molecule has 96 valence electrons. The van der Waals surface area contributed by atoms with E-state index in [1.165, 1.54) is 5.16 Å². The molecular formula is C12H9F4NO. The van der Waals surface area contributed by atoms with Gasteiger partial charge in [-0.2, -0.15) is 13.2 Å². The minimum absolute atomic E-state index is 0.00910. The molecule has 1 aromatic carbocycles. The lowest BCUT2D eigenvalue weighted by molar-refractivity contribution is -0.366. The van der Waals surface area contributed by atoms with E-state index in [9.17, 15) is 22.8 Å². The normalized spacial score (nSPS) is 13.0. The first-order valence-electron chi connectivity index (χ1n) is 4.81. The van der Waals surface area contributed by atoms with Crippen molar-refractivity contribution in [1.82, 2.24) is 0 Å². The van der Waals surface area contributed by atoms with Gasteiger partial charge in [0.2, 0.25) is 0 Å². The molecule has 0 aliphatic carbocycles. The predicted molar refractivity (Wildman–Crippen MR) is 60.0 cm³/mol. The third-order valence-corrected chi connectivity index (χ3v) is 2.16. The van der Waals surface area contributed by atoms with Crippen molar-refractivity contribution < 1.29 is 22.7 Å². The number of hydrogen-bond acceptors (Lipinski definition) is 1. The van der Waals surface area contributed by atoms with Gasteiger partial charge in [-0.1, -0.05) is 24.8 Å². The fourth-order valence-corrected chi connectivity index (χ4v) is 1.44. The number of nitrogens with one attached hydrogen (secondary N) is 1. The van der Waals surface area contributed by atoms with Gasteiger partial charge < -0.3 is 5.21 Å². The molecular weight excluding hydrogens is 250 g/mol. The molecule has 2 nitrogen and oxygen atoms in total. The van der Waals surface area contributed by atoms with Crippen LogP contribution in [0.4, 0.5) is 17.6 Å². The summed E-state index contributed by atoms with van der Waals surface area (Å²) in [6, 6.07) is 2.99. The van der Waals surface area contributed by atoms with Gasteiger partial charge in [-0.15, -0.1) is 0 Å². The third-order valence-electron chi connectivity index (χ3n) is 2.16. The van der Waals surface area contributed by atoms with Gasteiger partial charge >= 0.3 is 6.18 Å². The Labute approximate surface area is 101 Å². The van der Waals surface area contributed by atoms with Gasteiger partial charge in [0, 0.05) is 6.08 Å². The summed E-state index contributed by atoms with van der Waals surface area (Å²) in [6.07, 6.45) is -1.74. The van der Waals surface area contributed by atoms with Gasteiger partial charge in [0.1, 0.15) is 5.82 Å². The Morgan fingerprint density at radius 2 is 2.00 bits per heavy atom. The van der Waals surface area contributed by atoms with E-state index in [0.717, 1.165) is 36.6 Å². The van der Waals surface area contributed by atoms with Crippen molar-refractivity contribution in [2.24, 2.45) is 0 Å². The van der Waals surface area contributed by atoms with Crippen LogP contribution in [-0.2, 0) is 6.18 Å². The van der Waals surface area contributed by atoms with E-state index in [0.29, 0.717) is 0 Å². The monoisotopic (exact) mass is 259 g/mol. The molecule has 0 aliphatic heterocycles. The van der Waals surface area contributed by atoms with Crippen LogP contribution in [0.25, 0.3) is 5.57 Å². The number of allylic oxidation sites excluding steroid dienone is 3. The molecule has 0 spiro atoms. The Hall–Kier alpha value is -2.11. The third kappa shape index (κ3) is 2.97. The molecule has 0 aromatic heterocycles. The molecule has 0 bridgehead atoms. The highest BCUT2D eigenvalue weighted by Gasteiger charge is 2.37. The van der Waals surface area contributed by atoms with Crippen LogP contribution in [0.1, 0.15) is 11.1 Å². The summed E-state index contributed by atoms with van der Waals surface area (Å²) in [5.74, 6) is -1.37. The minimum Gasteiger partial charge on any atom is -0.625 e. The van der Waals surface area contributed by atoms with E-state index in [1.54, 1.807) is 0 Å². The summed E-state index contributed by atoms with van der Waals surface area (Å²) in [6.45, 7) is 3.34. The van der Waals surface area contributed by atoms with Crippen LogP contribution in [0.15, 0.2) is 36.9 Å². The average Bonchev–Trinajstić information content (AvgIpc) is 2.28. The highest BCUT2D eigenvalue weighted by Crippen LogP contribution is 2.36. The molecule has 1 N–H and O–H groups in total. The summed E-state index contributed by atoms with van der Waals surface area (Å²) in [5.41, 5.74) is -1.76. The van der Waals surface area contributed by atoms with Crippen LogP contribution in [-0.4, -0.2) is 6.21 Å². The van der Waals surface area contributed by atoms with Gasteiger partial charge in [0.25, 0.3) is 0 Å². The molecule has 0 atom stereocenters. The lowest BCUT2D eigenvalue weighted by atomic mass is 9.98. The summed E-state index contributed by atoms with van der Waals surface area (Å²) < 4.78 is 51.5. The van der Waals surface area contributed by atoms with Crippen LogP contribution < -0.4 is 5.16 Å². The highest BCUT2D eigenvalue weighted by molar-refractivity contribution is 5.87. The number of rotatable bonds is 3. The van der Waals surface area contributed by atoms with E-state index in [4.69, 9.17) is 0 Å². The molecule has 0 saturated carbocycles. The Kier molecular flexibility index (Phi) is 4.25. The smallest absolute Gasteiger partial charge is 0.419 e. The molecule has 0 fully saturated rings. The van der Waals surface area contributed by atoms with Crippen LogP contribution in [0.3, 0.4) is 0 Å². The van der Waals surface area contributed by atoms with E-state index < -0.39 is 17.6 Å². The maximum absolute atomic E-state index is 13.3. The van der Waals surface area contributed by atoms with Crippen molar-refractivity contribution in [1.29, 1.82) is 0 Å². The zero-order valence-corrected chi connectivity index (χ0v) is 9.09. The van der Waals surface area contributed by atoms with Crippen molar-refractivity contribution in [2.75, 3.05) is 0 Å². The van der Waals surface area contributed by atoms with Gasteiger partial charge in [-0.05, 0) is 17.2 Å². The Morgan fingerprint density at radius 3 is 2.50 bits per heavy atom. The van der Waals surface area contributed by atoms with E-state index >= 15 is 0 Å². The second-order valence-corrected chi connectivity index (χ2v) is 3.27. The summed E-state index contributed by atoms with van der Waals surface area (Å²) >= 11 is 0. The van der Waals surface area contributed by atoms with Crippen molar-refractivity contribution in [3.05, 3.63) is 59.1 Å². The zero-order valence-electron chi connectivity index (χ0n) is 9.09. The molecule has 0 amide bonds. The first-order valence-corrected chi connectivity index (χ1v) is 4.81. The van der Waals surface area contributed by atoms with Crippen LogP contribution in [0.2, 0.25) is 0 Å². The predicted octanol–water partition coefficient (Wildman–Crippen LogP) is 2.06. The maximum Gasteiger partial charge on any atom is 0.419 e. The zero-order chi connectivity index (χ0) is 13.8. The molecule has 1 rings (SSSR count). The number of hydrogen-bond donors (Lipinski definition) is 1. The maximum atomic E-state index is 13.3. The lowest BCUT2D eigenvalue weighted by Gasteiger charge is -2.13. The fourth-order valence-electron chi connectivity index (χ4n) is 1.44. The molecule has 1 aromatic rings. The van der Waals surface area contributed by atoms with E-state index in [-0.39, 0.29) is 11.1 Å². The SMILES string of the molecule is C=C/C(=C\C=[NH+]\[O-])c1cccc(F)c1C(F)(F)F. The second kappa shape index (κ2) is 5.48. The van der Waals surface area contributed by atoms with E-state index in [1.807, 2.05) is 0 Å². The average molecular weight is 259 g/mol. The molecule has 0 saturated heterocycles. The van der Waals surface area contributed by atoms with Crippen molar-refractivity contribution in [2.45, 2.75) is 6.18 Å². The number of benzene rings is 1. The first kappa shape index (κ1) is 14.0. The summed E-state index contributed by atoms with van der Waals surface area (Å²) in [7, 11) is 0. The quantitative estimate of drug-likeness (QED) is 0.291. The molecule has 0 heterocycles. The largest absolute Gasteiger partial charge is 0.625 e. The van der Waals surface area contributed by atoms with Crippen molar-refractivity contribution in [3.63, 3.8) is 0 Å². The summed E-state index contributed by atoms with van der Waals surface area (Å²) in [5, 5.41) is 11.5. The highest BCUT2D eigenvalue weighted by atomic mass is 19.4. The lowest BCUT2D eigenvalue weighted by Crippen LogP contribution is -2.59. The van der Waals surface area contributed by atoms with Gasteiger partial charge in [0.15, 0.2) is 6.21 Å². The first-order chi connectivity index (χ1) is 8.41. The molecule has 0 unspecified atom stereocenters. The Morgan fingerprint density at radius 1 is 1.33 bits per heavy atom. The van der Waals surface area contributed by atoms with Gasteiger partial charge in [0.05, 0.1) is 5.56 Å². The summed E-state index contributed by atoms with van der Waals surface area (Å²) in [4.78, 5) is 0. The second-order valence-electron chi connectivity index (χ2n) is 3.27. The van der Waals surface area contributed by atoms with E-state index in [2.05, 4.69) is 6.58 Å². The molecule has 6 heteroatoms. The van der Waals surface area contributed by atoms with Crippen molar-refractivity contribution in [3.8, 4) is 0 Å². The molecule has 18 heavy (non-hydrogen) atoms.